The number of para-hydroxylation sites is 1. The van der Waals surface area contributed by atoms with Gasteiger partial charge in [-0.05, 0) is 36.8 Å². The molecule has 0 bridgehead atoms. The molecule has 4 nitrogen and oxygen atoms in total. The molecule has 0 saturated heterocycles. The third kappa shape index (κ3) is 2.32. The molecule has 0 radical (unpaired) electrons. The van der Waals surface area contributed by atoms with Crippen LogP contribution in [-0.2, 0) is 6.54 Å². The van der Waals surface area contributed by atoms with Crippen LogP contribution in [0.3, 0.4) is 0 Å². The van der Waals surface area contributed by atoms with Gasteiger partial charge in [0, 0.05) is 12.1 Å². The highest BCUT2D eigenvalue weighted by atomic mass is 35.5. The molecule has 0 unspecified atom stereocenters. The first-order chi connectivity index (χ1) is 10.1. The number of hydrogen-bond donors (Lipinski definition) is 2. The Morgan fingerprint density at radius 2 is 2.10 bits per heavy atom. The summed E-state index contributed by atoms with van der Waals surface area (Å²) in [5.74, 6) is 0.890. The molecule has 0 aliphatic carbocycles. The van der Waals surface area contributed by atoms with E-state index in [1.807, 2.05) is 24.3 Å². The molecule has 0 spiro atoms. The average molecular weight is 302 g/mol. The minimum absolute atomic E-state index is 0.0786. The molecule has 3 aromatic rings. The zero-order valence-corrected chi connectivity index (χ0v) is 12.4. The first-order valence-corrected chi connectivity index (χ1v) is 7.23. The predicted octanol–water partition coefficient (Wildman–Crippen LogP) is 4.05. The van der Waals surface area contributed by atoms with Crippen molar-refractivity contribution < 1.29 is 5.11 Å². The molecule has 0 fully saturated rings. The number of aromatic hydroxyl groups is 1. The van der Waals surface area contributed by atoms with Crippen LogP contribution < -0.4 is 5.73 Å². The van der Waals surface area contributed by atoms with E-state index in [-0.39, 0.29) is 5.75 Å². The molecule has 0 aliphatic rings. The molecule has 3 rings (SSSR count). The number of nitrogen functional groups attached to an aromatic ring is 1. The summed E-state index contributed by atoms with van der Waals surface area (Å²) in [6.45, 7) is 2.92. The lowest BCUT2D eigenvalue weighted by molar-refractivity contribution is 0.478. The summed E-state index contributed by atoms with van der Waals surface area (Å²) in [7, 11) is 0. The van der Waals surface area contributed by atoms with E-state index in [4.69, 9.17) is 17.3 Å². The fourth-order valence-corrected chi connectivity index (χ4v) is 2.77. The summed E-state index contributed by atoms with van der Waals surface area (Å²) in [5, 5.41) is 10.3. The fourth-order valence-electron chi connectivity index (χ4n) is 2.50. The van der Waals surface area contributed by atoms with Gasteiger partial charge in [-0.15, -0.1) is 0 Å². The Kier molecular flexibility index (Phi) is 3.47. The number of nitrogens with two attached hydrogens (primary N) is 1. The van der Waals surface area contributed by atoms with Gasteiger partial charge in [-0.2, -0.15) is 0 Å². The highest BCUT2D eigenvalue weighted by Crippen LogP contribution is 2.32. The van der Waals surface area contributed by atoms with Crippen LogP contribution in [-0.4, -0.2) is 14.7 Å². The summed E-state index contributed by atoms with van der Waals surface area (Å²) < 4.78 is 2.10. The van der Waals surface area contributed by atoms with Crippen molar-refractivity contribution in [2.75, 3.05) is 5.73 Å². The van der Waals surface area contributed by atoms with E-state index < -0.39 is 0 Å². The van der Waals surface area contributed by atoms with Crippen molar-refractivity contribution in [1.29, 1.82) is 0 Å². The number of anilines is 1. The third-order valence-electron chi connectivity index (χ3n) is 3.45. The minimum atomic E-state index is 0.0786. The number of nitrogens with zero attached hydrogens (tertiary/aromatic N) is 2. The maximum absolute atomic E-state index is 9.57. The van der Waals surface area contributed by atoms with E-state index in [2.05, 4.69) is 16.5 Å². The SMILES string of the molecule is CCCn1c(-c2ccc(O)c(N)c2)nc2cccc(Cl)c21. The van der Waals surface area contributed by atoms with Gasteiger partial charge in [-0.3, -0.25) is 0 Å². The van der Waals surface area contributed by atoms with Crippen LogP contribution in [0.5, 0.6) is 5.75 Å². The van der Waals surface area contributed by atoms with Crippen LogP contribution in [0.25, 0.3) is 22.4 Å². The summed E-state index contributed by atoms with van der Waals surface area (Å²) >= 11 is 6.33. The van der Waals surface area contributed by atoms with Gasteiger partial charge in [0.25, 0.3) is 0 Å². The molecular weight excluding hydrogens is 286 g/mol. The second kappa shape index (κ2) is 5.30. The molecule has 1 heterocycles. The summed E-state index contributed by atoms with van der Waals surface area (Å²) in [6, 6.07) is 10.8. The zero-order valence-electron chi connectivity index (χ0n) is 11.7. The monoisotopic (exact) mass is 301 g/mol. The van der Waals surface area contributed by atoms with E-state index in [0.717, 1.165) is 35.4 Å². The molecule has 5 heteroatoms. The number of phenols is 1. The van der Waals surface area contributed by atoms with Crippen LogP contribution in [0.15, 0.2) is 36.4 Å². The number of fused-ring (bicyclic) bond motifs is 1. The Balaban J connectivity index is 2.28. The fraction of sp³-hybridized carbons (Fsp3) is 0.188. The van der Waals surface area contributed by atoms with Gasteiger partial charge in [0.2, 0.25) is 0 Å². The average Bonchev–Trinajstić information content (AvgIpc) is 2.83. The van der Waals surface area contributed by atoms with Crippen molar-refractivity contribution in [2.24, 2.45) is 0 Å². The van der Waals surface area contributed by atoms with Crippen molar-refractivity contribution in [3.05, 3.63) is 41.4 Å². The van der Waals surface area contributed by atoms with E-state index in [1.54, 1.807) is 12.1 Å². The second-order valence-electron chi connectivity index (χ2n) is 4.97. The molecule has 3 N–H and O–H groups in total. The maximum atomic E-state index is 9.57. The second-order valence-corrected chi connectivity index (χ2v) is 5.38. The molecule has 2 aromatic carbocycles. The lowest BCUT2D eigenvalue weighted by atomic mass is 10.1. The number of rotatable bonds is 3. The third-order valence-corrected chi connectivity index (χ3v) is 3.76. The van der Waals surface area contributed by atoms with Gasteiger partial charge in [0.1, 0.15) is 11.6 Å². The lowest BCUT2D eigenvalue weighted by Gasteiger charge is -2.09. The largest absolute Gasteiger partial charge is 0.506 e. The Morgan fingerprint density at radius 3 is 2.81 bits per heavy atom. The lowest BCUT2D eigenvalue weighted by Crippen LogP contribution is -2.00. The first-order valence-electron chi connectivity index (χ1n) is 6.85. The van der Waals surface area contributed by atoms with Gasteiger partial charge in [-0.25, -0.2) is 4.98 Å². The Bertz CT molecular complexity index is 811. The molecular formula is C16H16ClN3O. The molecule has 0 aliphatic heterocycles. The highest BCUT2D eigenvalue weighted by molar-refractivity contribution is 6.35. The summed E-state index contributed by atoms with van der Waals surface area (Å²) in [5.41, 5.74) is 8.79. The van der Waals surface area contributed by atoms with E-state index in [1.165, 1.54) is 0 Å². The molecule has 1 aromatic heterocycles. The van der Waals surface area contributed by atoms with Gasteiger partial charge in [-0.1, -0.05) is 24.6 Å². The van der Waals surface area contributed by atoms with Gasteiger partial charge in [0.15, 0.2) is 0 Å². The highest BCUT2D eigenvalue weighted by Gasteiger charge is 2.15. The number of hydrogen-bond acceptors (Lipinski definition) is 3. The zero-order chi connectivity index (χ0) is 15.0. The molecule has 0 atom stereocenters. The van der Waals surface area contributed by atoms with Crippen molar-refractivity contribution in [3.63, 3.8) is 0 Å². The Morgan fingerprint density at radius 1 is 1.29 bits per heavy atom. The molecule has 0 amide bonds. The van der Waals surface area contributed by atoms with Crippen molar-refractivity contribution in [3.8, 4) is 17.1 Å². The quantitative estimate of drug-likeness (QED) is 0.566. The number of aryl methyl sites for hydroxylation is 1. The van der Waals surface area contributed by atoms with E-state index >= 15 is 0 Å². The predicted molar refractivity (Wildman–Crippen MR) is 86.5 cm³/mol. The maximum Gasteiger partial charge on any atom is 0.141 e. The molecule has 108 valence electrons. The molecule has 21 heavy (non-hydrogen) atoms. The van der Waals surface area contributed by atoms with Crippen LogP contribution >= 0.6 is 11.6 Å². The van der Waals surface area contributed by atoms with Gasteiger partial charge >= 0.3 is 0 Å². The smallest absolute Gasteiger partial charge is 0.141 e. The number of benzene rings is 2. The van der Waals surface area contributed by atoms with E-state index in [0.29, 0.717) is 10.7 Å². The van der Waals surface area contributed by atoms with Crippen LogP contribution in [0.2, 0.25) is 5.02 Å². The van der Waals surface area contributed by atoms with Crippen molar-refractivity contribution in [2.45, 2.75) is 19.9 Å². The normalized spacial score (nSPS) is 11.1. The minimum Gasteiger partial charge on any atom is -0.506 e. The van der Waals surface area contributed by atoms with Gasteiger partial charge in [0.05, 0.1) is 21.7 Å². The first kappa shape index (κ1) is 13.8. The number of aromatic nitrogens is 2. The summed E-state index contributed by atoms with van der Waals surface area (Å²) in [4.78, 5) is 4.67. The van der Waals surface area contributed by atoms with Crippen molar-refractivity contribution >= 4 is 28.3 Å². The Hall–Kier alpha value is -2.20. The Labute approximate surface area is 127 Å². The topological polar surface area (TPSA) is 64.1 Å². The van der Waals surface area contributed by atoms with Crippen LogP contribution in [0, 0.1) is 0 Å². The van der Waals surface area contributed by atoms with E-state index in [9.17, 15) is 5.11 Å². The number of imidazole rings is 1. The van der Waals surface area contributed by atoms with Crippen LogP contribution in [0.1, 0.15) is 13.3 Å². The van der Waals surface area contributed by atoms with Crippen LogP contribution in [0.4, 0.5) is 5.69 Å². The number of phenolic OH excluding ortho intramolecular Hbond substituents is 1. The van der Waals surface area contributed by atoms with Gasteiger partial charge < -0.3 is 15.4 Å². The standard InChI is InChI=1S/C16H16ClN3O/c1-2-8-20-15-11(17)4-3-5-13(15)19-16(20)10-6-7-14(21)12(18)9-10/h3-7,9,21H,2,8,18H2,1H3. The molecule has 0 saturated carbocycles. The van der Waals surface area contributed by atoms with Crippen molar-refractivity contribution in [1.82, 2.24) is 9.55 Å². The number of halogens is 1. The summed E-state index contributed by atoms with van der Waals surface area (Å²) in [6.07, 6.45) is 0.969.